The summed E-state index contributed by atoms with van der Waals surface area (Å²) in [6.45, 7) is 3.76. The number of hydrogen-bond acceptors (Lipinski definition) is 2. The standard InChI is InChI=1S/C12H19NO3/c1-7(2)12(16)13-9-4-3-8(5-9)10(13)6-11(14)15/h7-10H,3-6H2,1-2H3,(H,14,15)/t8-,9+,10+/m0/s1. The van der Waals surface area contributed by atoms with E-state index in [0.29, 0.717) is 12.0 Å². The van der Waals surface area contributed by atoms with Crippen molar-refractivity contribution < 1.29 is 14.7 Å². The van der Waals surface area contributed by atoms with Crippen LogP contribution in [0.2, 0.25) is 0 Å². The van der Waals surface area contributed by atoms with Crippen LogP contribution in [0.3, 0.4) is 0 Å². The molecule has 16 heavy (non-hydrogen) atoms. The average molecular weight is 225 g/mol. The van der Waals surface area contributed by atoms with Crippen molar-refractivity contribution in [3.63, 3.8) is 0 Å². The van der Waals surface area contributed by atoms with E-state index in [0.717, 1.165) is 19.3 Å². The lowest BCUT2D eigenvalue weighted by Crippen LogP contribution is -2.47. The number of fused-ring (bicyclic) bond motifs is 2. The van der Waals surface area contributed by atoms with Crippen molar-refractivity contribution in [2.45, 2.75) is 51.6 Å². The highest BCUT2D eigenvalue weighted by Gasteiger charge is 2.48. The van der Waals surface area contributed by atoms with E-state index < -0.39 is 5.97 Å². The van der Waals surface area contributed by atoms with Crippen molar-refractivity contribution in [3.05, 3.63) is 0 Å². The van der Waals surface area contributed by atoms with E-state index in [-0.39, 0.29) is 24.3 Å². The topological polar surface area (TPSA) is 57.6 Å². The number of piperidine rings is 1. The van der Waals surface area contributed by atoms with Crippen LogP contribution in [0.25, 0.3) is 0 Å². The van der Waals surface area contributed by atoms with Gasteiger partial charge in [0, 0.05) is 18.0 Å². The van der Waals surface area contributed by atoms with Gasteiger partial charge in [-0.25, -0.2) is 0 Å². The maximum Gasteiger partial charge on any atom is 0.305 e. The van der Waals surface area contributed by atoms with Crippen LogP contribution < -0.4 is 0 Å². The highest BCUT2D eigenvalue weighted by Crippen LogP contribution is 2.44. The molecule has 3 atom stereocenters. The summed E-state index contributed by atoms with van der Waals surface area (Å²) in [6, 6.07) is 0.260. The van der Waals surface area contributed by atoms with Crippen LogP contribution in [-0.4, -0.2) is 34.0 Å². The summed E-state index contributed by atoms with van der Waals surface area (Å²) in [4.78, 5) is 24.8. The molecule has 0 aromatic rings. The molecule has 2 rings (SSSR count). The monoisotopic (exact) mass is 225 g/mol. The van der Waals surface area contributed by atoms with Gasteiger partial charge in [-0.2, -0.15) is 0 Å². The molecule has 1 heterocycles. The van der Waals surface area contributed by atoms with E-state index in [1.165, 1.54) is 0 Å². The van der Waals surface area contributed by atoms with Gasteiger partial charge in [-0.3, -0.25) is 9.59 Å². The van der Waals surface area contributed by atoms with Crippen LogP contribution in [0.5, 0.6) is 0 Å². The molecule has 0 spiro atoms. The third-order valence-corrected chi connectivity index (χ3v) is 3.87. The zero-order valence-corrected chi connectivity index (χ0v) is 9.85. The third kappa shape index (κ3) is 1.81. The molecule has 2 aliphatic rings. The number of rotatable bonds is 3. The lowest BCUT2D eigenvalue weighted by Gasteiger charge is -2.35. The average Bonchev–Trinajstić information content (AvgIpc) is 2.75. The highest BCUT2D eigenvalue weighted by molar-refractivity contribution is 5.80. The molecule has 0 aromatic heterocycles. The number of carboxylic acid groups (broad SMARTS) is 1. The van der Waals surface area contributed by atoms with Gasteiger partial charge in [-0.1, -0.05) is 13.8 Å². The predicted molar refractivity (Wildman–Crippen MR) is 58.9 cm³/mol. The first-order valence-corrected chi connectivity index (χ1v) is 6.04. The van der Waals surface area contributed by atoms with E-state index in [9.17, 15) is 9.59 Å². The first-order valence-electron chi connectivity index (χ1n) is 6.04. The Morgan fingerprint density at radius 1 is 1.38 bits per heavy atom. The maximum atomic E-state index is 12.1. The van der Waals surface area contributed by atoms with Gasteiger partial charge in [-0.05, 0) is 25.2 Å². The summed E-state index contributed by atoms with van der Waals surface area (Å²) in [7, 11) is 0. The first kappa shape index (κ1) is 11.4. The zero-order chi connectivity index (χ0) is 11.9. The minimum Gasteiger partial charge on any atom is -0.481 e. The van der Waals surface area contributed by atoms with E-state index in [4.69, 9.17) is 5.11 Å². The lowest BCUT2D eigenvalue weighted by atomic mass is 9.95. The molecule has 1 N–H and O–H groups in total. The number of nitrogens with zero attached hydrogens (tertiary/aromatic N) is 1. The van der Waals surface area contributed by atoms with Crippen molar-refractivity contribution in [2.75, 3.05) is 0 Å². The molecule has 1 aliphatic carbocycles. The van der Waals surface area contributed by atoms with Crippen LogP contribution in [-0.2, 0) is 9.59 Å². The van der Waals surface area contributed by atoms with Crippen LogP contribution in [0.1, 0.15) is 39.5 Å². The van der Waals surface area contributed by atoms with E-state index in [2.05, 4.69) is 0 Å². The first-order chi connectivity index (χ1) is 7.50. The van der Waals surface area contributed by atoms with E-state index in [1.54, 1.807) is 0 Å². The third-order valence-electron chi connectivity index (χ3n) is 3.87. The summed E-state index contributed by atoms with van der Waals surface area (Å²) in [5.41, 5.74) is 0. The Kier molecular flexibility index (Phi) is 2.91. The Balaban J connectivity index is 2.14. The molecule has 4 nitrogen and oxygen atoms in total. The van der Waals surface area contributed by atoms with Crippen molar-refractivity contribution >= 4 is 11.9 Å². The molecule has 0 radical (unpaired) electrons. The second kappa shape index (κ2) is 4.07. The number of carboxylic acids is 1. The molecule has 4 heteroatoms. The van der Waals surface area contributed by atoms with Crippen LogP contribution in [0.4, 0.5) is 0 Å². The Morgan fingerprint density at radius 3 is 2.62 bits per heavy atom. The number of carbonyl (C=O) groups excluding carboxylic acids is 1. The maximum absolute atomic E-state index is 12.1. The van der Waals surface area contributed by atoms with Gasteiger partial charge in [0.15, 0.2) is 0 Å². The van der Waals surface area contributed by atoms with E-state index in [1.807, 2.05) is 18.7 Å². The Labute approximate surface area is 95.6 Å². The largest absolute Gasteiger partial charge is 0.481 e. The second-order valence-corrected chi connectivity index (χ2v) is 5.29. The molecular formula is C12H19NO3. The zero-order valence-electron chi connectivity index (χ0n) is 9.85. The van der Waals surface area contributed by atoms with Crippen molar-refractivity contribution in [3.8, 4) is 0 Å². The predicted octanol–water partition coefficient (Wildman–Crippen LogP) is 1.50. The van der Waals surface area contributed by atoms with Gasteiger partial charge in [0.2, 0.25) is 5.91 Å². The summed E-state index contributed by atoms with van der Waals surface area (Å²) in [5, 5.41) is 8.90. The van der Waals surface area contributed by atoms with Gasteiger partial charge in [0.25, 0.3) is 0 Å². The fourth-order valence-corrected chi connectivity index (χ4v) is 3.18. The molecule has 0 aromatic carbocycles. The summed E-state index contributed by atoms with van der Waals surface area (Å²) >= 11 is 0. The number of carbonyl (C=O) groups is 2. The molecule has 1 amide bonds. The number of amides is 1. The SMILES string of the molecule is CC(C)C(=O)N1[C@@H]2CC[C@@H](C2)[C@H]1CC(=O)O. The van der Waals surface area contributed by atoms with Crippen LogP contribution >= 0.6 is 0 Å². The van der Waals surface area contributed by atoms with Crippen molar-refractivity contribution in [2.24, 2.45) is 11.8 Å². The molecule has 2 bridgehead atoms. The number of aliphatic carboxylic acids is 1. The Hall–Kier alpha value is -1.06. The van der Waals surface area contributed by atoms with Gasteiger partial charge >= 0.3 is 5.97 Å². The van der Waals surface area contributed by atoms with Crippen molar-refractivity contribution in [1.29, 1.82) is 0 Å². The normalized spacial score (nSPS) is 32.4. The highest BCUT2D eigenvalue weighted by atomic mass is 16.4. The molecule has 1 saturated heterocycles. The molecule has 0 unspecified atom stereocenters. The smallest absolute Gasteiger partial charge is 0.305 e. The van der Waals surface area contributed by atoms with Gasteiger partial charge < -0.3 is 10.0 Å². The lowest BCUT2D eigenvalue weighted by molar-refractivity contribution is -0.143. The Morgan fingerprint density at radius 2 is 2.06 bits per heavy atom. The van der Waals surface area contributed by atoms with E-state index >= 15 is 0 Å². The molecule has 1 saturated carbocycles. The van der Waals surface area contributed by atoms with Gasteiger partial charge in [0.05, 0.1) is 6.42 Å². The quantitative estimate of drug-likeness (QED) is 0.791. The van der Waals surface area contributed by atoms with Crippen LogP contribution in [0, 0.1) is 11.8 Å². The van der Waals surface area contributed by atoms with Gasteiger partial charge in [-0.15, -0.1) is 0 Å². The summed E-state index contributed by atoms with van der Waals surface area (Å²) < 4.78 is 0. The molecule has 2 fully saturated rings. The van der Waals surface area contributed by atoms with Gasteiger partial charge in [0.1, 0.15) is 0 Å². The number of hydrogen-bond donors (Lipinski definition) is 1. The fraction of sp³-hybridized carbons (Fsp3) is 0.833. The molecular weight excluding hydrogens is 206 g/mol. The number of likely N-dealkylation sites (tertiary alicyclic amines) is 1. The molecule has 1 aliphatic heterocycles. The Bertz CT molecular complexity index is 313. The van der Waals surface area contributed by atoms with Crippen LogP contribution in [0.15, 0.2) is 0 Å². The minimum atomic E-state index is -0.792. The summed E-state index contributed by atoms with van der Waals surface area (Å²) in [5.74, 6) is -0.281. The molecule has 90 valence electrons. The minimum absolute atomic E-state index is 0.0318. The summed E-state index contributed by atoms with van der Waals surface area (Å²) in [6.07, 6.45) is 3.26. The second-order valence-electron chi connectivity index (χ2n) is 5.29. The van der Waals surface area contributed by atoms with Crippen molar-refractivity contribution in [1.82, 2.24) is 4.90 Å². The fourth-order valence-electron chi connectivity index (χ4n) is 3.18.